The molecule has 6 aromatic carbocycles. The summed E-state index contributed by atoms with van der Waals surface area (Å²) < 4.78 is 32.8. The zero-order chi connectivity index (χ0) is 89.4. The van der Waals surface area contributed by atoms with E-state index in [2.05, 4.69) is 99.8 Å². The van der Waals surface area contributed by atoms with Gasteiger partial charge in [-0.2, -0.15) is 0 Å². The number of unbranched alkanes of at least 4 members (excludes halogenated alkanes) is 9. The molecule has 662 valence electrons. The second-order valence-electron chi connectivity index (χ2n) is 30.9. The van der Waals surface area contributed by atoms with Crippen molar-refractivity contribution in [2.24, 2.45) is 0 Å². The van der Waals surface area contributed by atoms with Crippen LogP contribution in [0.25, 0.3) is 32.3 Å². The fourth-order valence-electron chi connectivity index (χ4n) is 16.1. The monoisotopic (exact) mass is 1720 g/mol. The van der Waals surface area contributed by atoms with E-state index in [4.69, 9.17) is 27.5 Å². The Morgan fingerprint density at radius 2 is 0.704 bits per heavy atom. The Morgan fingerprint density at radius 1 is 0.384 bits per heavy atom. The molecular weight excluding hydrogens is 1590 g/mol. The van der Waals surface area contributed by atoms with Crippen molar-refractivity contribution < 1.29 is 70.6 Å². The average Bonchev–Trinajstić information content (AvgIpc) is 0.905. The summed E-state index contributed by atoms with van der Waals surface area (Å²) in [5.74, 6) is 23.2. The number of amides is 6. The molecule has 5 aliphatic rings. The van der Waals surface area contributed by atoms with E-state index in [1.807, 2.05) is 106 Å². The maximum absolute atomic E-state index is 13.8. The Kier molecular flexibility index (Phi) is 43.4. The lowest BCUT2D eigenvalue weighted by atomic mass is 9.90. The van der Waals surface area contributed by atoms with Gasteiger partial charge < -0.3 is 48.3 Å². The standard InChI is InChI=1S/C33H44N2O4.C30H42N2O7Si.C27H33N3O4.C12H6/c1-2-30(36)39-24-15-11-10-14-23-34-29-22-21-28-31-26(29)19-16-20-27(31)32(37)35(33(28)38)25-17-12-8-6-4-3-5-7-9-13-18-25;1-5-27(33)36-21-12-10-9-11-19-31-26-18-17-25-28-23(26)15-13-16-24(28)29(34)32(30(25)35)20-14-22-40(37-6-2,38-7-3)39-8-4;1-2-24(31)34-19-8-4-3-5-14-28-23-13-12-22-25-20(23)10-9-11-21(25)26(32)30(27(22)33)18-17-29-15-6-7-16-29;1-3-5-7-9-11-12-10-8-6-4-2/h2,16,19-22,25,34H,1,3-15,17-18,23-24H2;5,13,15-18,31H,1,6-12,14,19-22H2,2-4H3;2,9-13,28H,1,3-8,14-19H2;1-2H3. The van der Waals surface area contributed by atoms with Crippen molar-refractivity contribution in [2.45, 2.75) is 214 Å². The van der Waals surface area contributed by atoms with Crippen LogP contribution in [0.15, 0.2) is 129 Å². The van der Waals surface area contributed by atoms with Gasteiger partial charge in [0.2, 0.25) is 0 Å². The Labute approximate surface area is 740 Å². The number of carbonyl (C=O) groups is 9. The van der Waals surface area contributed by atoms with Crippen LogP contribution in [-0.4, -0.2) is 180 Å². The predicted molar refractivity (Wildman–Crippen MR) is 498 cm³/mol. The van der Waals surface area contributed by atoms with Gasteiger partial charge in [0.15, 0.2) is 0 Å². The maximum Gasteiger partial charge on any atom is 0.500 e. The molecule has 6 aromatic rings. The quantitative estimate of drug-likeness (QED) is 0.00613. The van der Waals surface area contributed by atoms with Crippen molar-refractivity contribution in [3.63, 3.8) is 0 Å². The molecule has 0 aromatic heterocycles. The van der Waals surface area contributed by atoms with Crippen LogP contribution in [0.4, 0.5) is 17.1 Å². The van der Waals surface area contributed by atoms with Gasteiger partial charge in [0.25, 0.3) is 35.4 Å². The number of hydrogen-bond donors (Lipinski definition) is 3. The minimum atomic E-state index is -2.87. The molecule has 2 fully saturated rings. The first-order chi connectivity index (χ1) is 61.0. The molecule has 0 atom stereocenters. The van der Waals surface area contributed by atoms with Gasteiger partial charge in [0.1, 0.15) is 0 Å². The highest BCUT2D eigenvalue weighted by Gasteiger charge is 2.42. The van der Waals surface area contributed by atoms with Gasteiger partial charge in [-0.15, -0.1) is 0 Å². The van der Waals surface area contributed by atoms with E-state index in [1.165, 1.54) is 85.8 Å². The van der Waals surface area contributed by atoms with Crippen LogP contribution in [0.3, 0.4) is 0 Å². The lowest BCUT2D eigenvalue weighted by molar-refractivity contribution is -0.138. The zero-order valence-electron chi connectivity index (χ0n) is 74.0. The third-order valence-corrected chi connectivity index (χ3v) is 25.4. The summed E-state index contributed by atoms with van der Waals surface area (Å²) in [7, 11) is -2.87. The second kappa shape index (κ2) is 54.9. The first-order valence-corrected chi connectivity index (χ1v) is 46.8. The van der Waals surface area contributed by atoms with Crippen LogP contribution < -0.4 is 16.0 Å². The largest absolute Gasteiger partial charge is 0.500 e. The molecule has 125 heavy (non-hydrogen) atoms. The topological polar surface area (TPSA) is 258 Å². The summed E-state index contributed by atoms with van der Waals surface area (Å²) in [4.78, 5) is 121. The highest BCUT2D eigenvalue weighted by molar-refractivity contribution is 6.60. The van der Waals surface area contributed by atoms with E-state index >= 15 is 0 Å². The minimum absolute atomic E-state index is 0.0223. The Bertz CT molecular complexity index is 4930. The molecule has 0 radical (unpaired) electrons. The van der Waals surface area contributed by atoms with Crippen molar-refractivity contribution in [3.8, 4) is 59.2 Å². The third-order valence-electron chi connectivity index (χ3n) is 22.2. The minimum Gasteiger partial charge on any atom is -0.463 e. The summed E-state index contributed by atoms with van der Waals surface area (Å²) in [5, 5.41) is 15.4. The van der Waals surface area contributed by atoms with Crippen LogP contribution in [0, 0.1) is 59.2 Å². The fraction of sp³-hybridized carbons (Fsp3) is 0.461. The first kappa shape index (κ1) is 98.8. The van der Waals surface area contributed by atoms with E-state index < -0.39 is 14.8 Å². The smallest absolute Gasteiger partial charge is 0.463 e. The van der Waals surface area contributed by atoms with Crippen molar-refractivity contribution in [3.05, 3.63) is 162 Å². The van der Waals surface area contributed by atoms with Crippen LogP contribution in [0.5, 0.6) is 0 Å². The fourth-order valence-corrected chi connectivity index (χ4v) is 18.7. The molecule has 0 bridgehead atoms. The number of likely N-dealkylation sites (tertiary alicyclic amines) is 1. The van der Waals surface area contributed by atoms with Gasteiger partial charge in [-0.25, -0.2) is 14.4 Å². The molecule has 3 N–H and O–H groups in total. The molecule has 11 rings (SSSR count). The van der Waals surface area contributed by atoms with E-state index in [1.54, 1.807) is 24.8 Å². The van der Waals surface area contributed by atoms with Crippen LogP contribution in [-0.2, 0) is 41.9 Å². The third kappa shape index (κ3) is 29.8. The number of benzene rings is 6. The van der Waals surface area contributed by atoms with Gasteiger partial charge in [-0.1, -0.05) is 145 Å². The van der Waals surface area contributed by atoms with E-state index in [0.717, 1.165) is 186 Å². The SMILES string of the molecule is C=CC(=O)OCCCCCCNc1ccc2c3c(cccc13)C(=O)N(C1CCCCCCCCCCC1)C2=O.C=CC(=O)OCCCCCCNc1ccc2c3c(cccc13)C(=O)N(CCC[Si](OCC)(OCC)OCC)C2=O.C=CC(=O)OCCCCCCNc1ccc2c3c(cccc13)C(=O)N(CCN1CCCC1)C2=O.CC#CC#CC#CC#CC#CC. The Hall–Kier alpha value is -11.6. The molecule has 0 spiro atoms. The number of anilines is 3. The van der Waals surface area contributed by atoms with Gasteiger partial charge in [0.05, 0.1) is 19.8 Å². The zero-order valence-corrected chi connectivity index (χ0v) is 75.0. The number of rotatable bonds is 41. The van der Waals surface area contributed by atoms with Gasteiger partial charge >= 0.3 is 26.7 Å². The van der Waals surface area contributed by atoms with Crippen molar-refractivity contribution >= 4 is 112 Å². The lowest BCUT2D eigenvalue weighted by Gasteiger charge is -2.34. The molecule has 1 saturated carbocycles. The first-order valence-electron chi connectivity index (χ1n) is 44.9. The van der Waals surface area contributed by atoms with E-state index in [-0.39, 0.29) is 60.0 Å². The molecule has 4 heterocycles. The lowest BCUT2D eigenvalue weighted by Crippen LogP contribution is -2.47. The molecule has 1 saturated heterocycles. The Morgan fingerprint density at radius 3 is 1.06 bits per heavy atom. The summed E-state index contributed by atoms with van der Waals surface area (Å²) in [6.07, 6.45) is 30.5. The summed E-state index contributed by atoms with van der Waals surface area (Å²) >= 11 is 0. The van der Waals surface area contributed by atoms with Gasteiger partial charge in [0, 0.05) is 172 Å². The van der Waals surface area contributed by atoms with E-state index in [9.17, 15) is 43.2 Å². The molecule has 6 amide bonds. The molecule has 1 aliphatic carbocycles. The second-order valence-corrected chi connectivity index (χ2v) is 33.6. The number of ether oxygens (including phenoxy) is 3. The maximum atomic E-state index is 13.8. The average molecular weight is 1720 g/mol. The number of nitrogens with zero attached hydrogens (tertiary/aromatic N) is 4. The van der Waals surface area contributed by atoms with Crippen molar-refractivity contribution in [1.29, 1.82) is 0 Å². The van der Waals surface area contributed by atoms with Crippen molar-refractivity contribution in [1.82, 2.24) is 19.6 Å². The molecule has 22 nitrogen and oxygen atoms in total. The number of nitrogens with one attached hydrogen (secondary N) is 3. The highest BCUT2D eigenvalue weighted by atomic mass is 28.4. The van der Waals surface area contributed by atoms with Crippen molar-refractivity contribution in [2.75, 3.05) is 108 Å². The summed E-state index contributed by atoms with van der Waals surface area (Å²) in [6, 6.07) is 29.0. The summed E-state index contributed by atoms with van der Waals surface area (Å²) in [6.45, 7) is 27.9. The van der Waals surface area contributed by atoms with Gasteiger partial charge in [-0.3, -0.25) is 43.5 Å². The summed E-state index contributed by atoms with van der Waals surface area (Å²) in [5.41, 5.74) is 6.35. The number of esters is 3. The molecule has 4 aliphatic heterocycles. The predicted octanol–water partition coefficient (Wildman–Crippen LogP) is 18.7. The highest BCUT2D eigenvalue weighted by Crippen LogP contribution is 2.40. The molecular formula is C102H125N7O15Si. The normalized spacial score (nSPS) is 14.3. The molecule has 0 unspecified atom stereocenters. The number of carbonyl (C=O) groups excluding carboxylic acids is 9. The van der Waals surface area contributed by atoms with Crippen LogP contribution >= 0.6 is 0 Å². The van der Waals surface area contributed by atoms with Crippen LogP contribution in [0.1, 0.15) is 264 Å². The molecule has 23 heteroatoms. The number of imide groups is 3. The Balaban J connectivity index is 0.000000218. The van der Waals surface area contributed by atoms with E-state index in [0.29, 0.717) is 97.4 Å². The van der Waals surface area contributed by atoms with Crippen LogP contribution in [0.2, 0.25) is 6.04 Å². The number of hydrogen-bond acceptors (Lipinski definition) is 19. The van der Waals surface area contributed by atoms with Gasteiger partial charge in [-0.05, 0) is 240 Å².